The van der Waals surface area contributed by atoms with Crippen molar-refractivity contribution in [2.24, 2.45) is 0 Å². The smallest absolute Gasteiger partial charge is 0.303 e. The fourth-order valence-corrected chi connectivity index (χ4v) is 5.71. The summed E-state index contributed by atoms with van der Waals surface area (Å²) >= 11 is 3.29. The van der Waals surface area contributed by atoms with Gasteiger partial charge in [0, 0.05) is 24.5 Å². The van der Waals surface area contributed by atoms with Crippen LogP contribution in [-0.4, -0.2) is 46.7 Å². The van der Waals surface area contributed by atoms with Gasteiger partial charge in [-0.2, -0.15) is 5.26 Å². The highest BCUT2D eigenvalue weighted by molar-refractivity contribution is 8.17. The molecule has 2 heterocycles. The first-order valence-electron chi connectivity index (χ1n) is 7.76. The van der Waals surface area contributed by atoms with Crippen molar-refractivity contribution in [1.82, 2.24) is 0 Å². The number of thioether (sulfide) groups is 2. The lowest BCUT2D eigenvalue weighted by Crippen LogP contribution is -2.40. The third-order valence-corrected chi connectivity index (χ3v) is 6.74. The minimum absolute atomic E-state index is 0.00547. The normalized spacial score (nSPS) is 30.4. The van der Waals surface area contributed by atoms with E-state index in [0.717, 1.165) is 4.90 Å². The molecule has 1 aromatic carbocycles. The SMILES string of the molecule is CC(=O)O[C@@H]1[C@@H]2O[C@@H](CS[C@H]2Sc2ccc(C#N)cc2)[C@H]1OC(C)=O. The molecule has 6 nitrogen and oxygen atoms in total. The molecule has 0 aliphatic carbocycles. The molecule has 0 spiro atoms. The first-order valence-corrected chi connectivity index (χ1v) is 9.69. The molecule has 2 fully saturated rings. The van der Waals surface area contributed by atoms with E-state index in [2.05, 4.69) is 6.07 Å². The van der Waals surface area contributed by atoms with Crippen molar-refractivity contribution in [3.8, 4) is 6.07 Å². The second kappa shape index (κ2) is 7.68. The molecule has 5 atom stereocenters. The van der Waals surface area contributed by atoms with Crippen LogP contribution in [0, 0.1) is 11.3 Å². The summed E-state index contributed by atoms with van der Waals surface area (Å²) in [5.74, 6) is -0.190. The number of nitrogens with zero attached hydrogens (tertiary/aromatic N) is 1. The Balaban J connectivity index is 1.77. The molecular formula is C17H17NO5S2. The Hall–Kier alpha value is -1.69. The summed E-state index contributed by atoms with van der Waals surface area (Å²) in [6, 6.07) is 9.39. The summed E-state index contributed by atoms with van der Waals surface area (Å²) in [5, 5.41) is 8.88. The number of hydrogen-bond donors (Lipinski definition) is 0. The summed E-state index contributed by atoms with van der Waals surface area (Å²) in [4.78, 5) is 23.9. The summed E-state index contributed by atoms with van der Waals surface area (Å²) < 4.78 is 16.8. The van der Waals surface area contributed by atoms with Gasteiger partial charge in [-0.25, -0.2) is 0 Å². The molecule has 2 saturated heterocycles. The zero-order valence-electron chi connectivity index (χ0n) is 13.7. The Morgan fingerprint density at radius 3 is 2.44 bits per heavy atom. The van der Waals surface area contributed by atoms with Crippen LogP contribution in [0.4, 0.5) is 0 Å². The minimum Gasteiger partial charge on any atom is -0.456 e. The molecule has 0 amide bonds. The molecular weight excluding hydrogens is 362 g/mol. The summed E-state index contributed by atoms with van der Waals surface area (Å²) in [6.07, 6.45) is -1.83. The van der Waals surface area contributed by atoms with Gasteiger partial charge in [-0.3, -0.25) is 9.59 Å². The highest BCUT2D eigenvalue weighted by Crippen LogP contribution is 2.46. The van der Waals surface area contributed by atoms with Crippen molar-refractivity contribution < 1.29 is 23.8 Å². The van der Waals surface area contributed by atoms with E-state index in [1.807, 2.05) is 12.1 Å². The lowest BCUT2D eigenvalue weighted by atomic mass is 10.1. The Bertz CT molecular complexity index is 702. The van der Waals surface area contributed by atoms with Gasteiger partial charge >= 0.3 is 11.9 Å². The lowest BCUT2D eigenvalue weighted by Gasteiger charge is -2.29. The van der Waals surface area contributed by atoms with E-state index in [4.69, 9.17) is 19.5 Å². The molecule has 2 aliphatic heterocycles. The van der Waals surface area contributed by atoms with Crippen LogP contribution in [0.5, 0.6) is 0 Å². The van der Waals surface area contributed by atoms with Gasteiger partial charge in [-0.1, -0.05) is 0 Å². The molecule has 25 heavy (non-hydrogen) atoms. The third kappa shape index (κ3) is 4.11. The zero-order chi connectivity index (χ0) is 18.0. The van der Waals surface area contributed by atoms with E-state index in [1.54, 1.807) is 35.7 Å². The highest BCUT2D eigenvalue weighted by atomic mass is 32.2. The molecule has 2 bridgehead atoms. The van der Waals surface area contributed by atoms with E-state index in [0.29, 0.717) is 11.3 Å². The predicted molar refractivity (Wildman–Crippen MR) is 93.0 cm³/mol. The minimum atomic E-state index is -0.614. The second-order valence-electron chi connectivity index (χ2n) is 5.74. The highest BCUT2D eigenvalue weighted by Gasteiger charge is 2.55. The maximum Gasteiger partial charge on any atom is 0.303 e. The monoisotopic (exact) mass is 379 g/mol. The molecule has 8 heteroatoms. The fraction of sp³-hybridized carbons (Fsp3) is 0.471. The van der Waals surface area contributed by atoms with Crippen molar-refractivity contribution in [2.75, 3.05) is 5.75 Å². The van der Waals surface area contributed by atoms with Crippen LogP contribution in [-0.2, 0) is 23.8 Å². The van der Waals surface area contributed by atoms with Crippen LogP contribution in [0.1, 0.15) is 19.4 Å². The summed E-state index contributed by atoms with van der Waals surface area (Å²) in [5.41, 5.74) is 0.602. The molecule has 0 radical (unpaired) electrons. The Morgan fingerprint density at radius 1 is 1.20 bits per heavy atom. The quantitative estimate of drug-likeness (QED) is 0.737. The Morgan fingerprint density at radius 2 is 1.84 bits per heavy atom. The maximum atomic E-state index is 11.5. The van der Waals surface area contributed by atoms with Crippen LogP contribution in [0.3, 0.4) is 0 Å². The summed E-state index contributed by atoms with van der Waals surface area (Å²) in [7, 11) is 0. The number of nitriles is 1. The van der Waals surface area contributed by atoms with Gasteiger partial charge < -0.3 is 14.2 Å². The molecule has 0 unspecified atom stereocenters. The third-order valence-electron chi connectivity index (χ3n) is 3.88. The Labute approximate surface area is 154 Å². The lowest BCUT2D eigenvalue weighted by molar-refractivity contribution is -0.163. The van der Waals surface area contributed by atoms with Crippen LogP contribution < -0.4 is 0 Å². The predicted octanol–water partition coefficient (Wildman–Crippen LogP) is 2.35. The van der Waals surface area contributed by atoms with E-state index >= 15 is 0 Å². The van der Waals surface area contributed by atoms with Crippen molar-refractivity contribution >= 4 is 35.5 Å². The number of carbonyl (C=O) groups is 2. The van der Waals surface area contributed by atoms with E-state index in [9.17, 15) is 9.59 Å². The first-order chi connectivity index (χ1) is 12.0. The average molecular weight is 379 g/mol. The van der Waals surface area contributed by atoms with E-state index in [-0.39, 0.29) is 16.8 Å². The average Bonchev–Trinajstić information content (AvgIpc) is 2.83. The number of ether oxygens (including phenoxy) is 3. The molecule has 132 valence electrons. The van der Waals surface area contributed by atoms with Gasteiger partial charge in [-0.15, -0.1) is 23.5 Å². The largest absolute Gasteiger partial charge is 0.456 e. The van der Waals surface area contributed by atoms with Crippen molar-refractivity contribution in [3.05, 3.63) is 29.8 Å². The van der Waals surface area contributed by atoms with Crippen LogP contribution in [0.15, 0.2) is 29.2 Å². The molecule has 0 aromatic heterocycles. The first kappa shape index (κ1) is 18.1. The molecule has 0 saturated carbocycles. The van der Waals surface area contributed by atoms with Crippen LogP contribution in [0.2, 0.25) is 0 Å². The molecule has 3 rings (SSSR count). The second-order valence-corrected chi connectivity index (χ2v) is 8.43. The van der Waals surface area contributed by atoms with Gasteiger partial charge in [0.05, 0.1) is 16.2 Å². The van der Waals surface area contributed by atoms with Crippen molar-refractivity contribution in [2.45, 2.75) is 47.7 Å². The number of fused-ring (bicyclic) bond motifs is 2. The van der Waals surface area contributed by atoms with E-state index in [1.165, 1.54) is 13.8 Å². The molecule has 0 N–H and O–H groups in total. The Kier molecular flexibility index (Phi) is 5.57. The van der Waals surface area contributed by atoms with Crippen molar-refractivity contribution in [3.63, 3.8) is 0 Å². The number of hydrogen-bond acceptors (Lipinski definition) is 8. The standard InChI is InChI=1S/C17H17NO5S2/c1-9(19)21-14-13-8-24-17(16(23-13)15(14)22-10(2)20)25-12-5-3-11(7-18)4-6-12/h3-6,13-17H,8H2,1-2H3/t13-,14+,15-,16-,17-/m0/s1. The molecule has 1 aromatic rings. The number of rotatable bonds is 4. The van der Waals surface area contributed by atoms with Gasteiger partial charge in [0.2, 0.25) is 0 Å². The van der Waals surface area contributed by atoms with Gasteiger partial charge in [0.25, 0.3) is 0 Å². The summed E-state index contributed by atoms with van der Waals surface area (Å²) in [6.45, 7) is 2.67. The molecule has 2 aliphatic rings. The number of benzene rings is 1. The van der Waals surface area contributed by atoms with Gasteiger partial charge in [0.1, 0.15) is 12.2 Å². The van der Waals surface area contributed by atoms with Gasteiger partial charge in [-0.05, 0) is 24.3 Å². The fourth-order valence-electron chi connectivity index (χ4n) is 2.90. The number of carbonyl (C=O) groups excluding carboxylic acids is 2. The van der Waals surface area contributed by atoms with E-state index < -0.39 is 24.1 Å². The number of esters is 2. The van der Waals surface area contributed by atoms with Gasteiger partial charge in [0.15, 0.2) is 12.2 Å². The van der Waals surface area contributed by atoms with Crippen LogP contribution in [0.25, 0.3) is 0 Å². The zero-order valence-corrected chi connectivity index (χ0v) is 15.3. The van der Waals surface area contributed by atoms with Crippen molar-refractivity contribution in [1.29, 1.82) is 5.26 Å². The van der Waals surface area contributed by atoms with Crippen LogP contribution >= 0.6 is 23.5 Å². The maximum absolute atomic E-state index is 11.5. The topological polar surface area (TPSA) is 85.6 Å².